The van der Waals surface area contributed by atoms with Gasteiger partial charge in [0.2, 0.25) is 0 Å². The fraction of sp³-hybridized carbons (Fsp3) is 0.571. The van der Waals surface area contributed by atoms with Crippen molar-refractivity contribution in [2.24, 2.45) is 0 Å². The first-order chi connectivity index (χ1) is 6.18. The molecule has 1 aromatic rings. The predicted molar refractivity (Wildman–Crippen MR) is 50.2 cm³/mol. The van der Waals surface area contributed by atoms with Crippen LogP contribution in [0.3, 0.4) is 0 Å². The first-order valence-corrected chi connectivity index (χ1v) is 4.87. The lowest BCUT2D eigenvalue weighted by atomic mass is 10.1. The SMILES string of the molecule is CC1CCN1c1ncc([N+](=O)[O-])s1. The third-order valence-corrected chi connectivity index (χ3v) is 3.21. The average Bonchev–Trinajstić information content (AvgIpc) is 2.50. The number of nitro groups is 1. The molecule has 1 saturated heterocycles. The lowest BCUT2D eigenvalue weighted by molar-refractivity contribution is -0.380. The molecule has 1 fully saturated rings. The van der Waals surface area contributed by atoms with Gasteiger partial charge in [-0.25, -0.2) is 4.98 Å². The zero-order valence-electron chi connectivity index (χ0n) is 7.14. The van der Waals surface area contributed by atoms with Gasteiger partial charge in [-0.2, -0.15) is 0 Å². The minimum absolute atomic E-state index is 0.120. The van der Waals surface area contributed by atoms with Gasteiger partial charge in [0, 0.05) is 12.6 Å². The number of nitrogens with zero attached hydrogens (tertiary/aromatic N) is 3. The molecule has 0 aromatic carbocycles. The van der Waals surface area contributed by atoms with Crippen LogP contribution >= 0.6 is 11.3 Å². The van der Waals surface area contributed by atoms with Gasteiger partial charge in [0.25, 0.3) is 0 Å². The zero-order chi connectivity index (χ0) is 9.42. The molecule has 13 heavy (non-hydrogen) atoms. The highest BCUT2D eigenvalue weighted by molar-refractivity contribution is 7.18. The van der Waals surface area contributed by atoms with Crippen LogP contribution in [-0.2, 0) is 0 Å². The van der Waals surface area contributed by atoms with Crippen molar-refractivity contribution in [1.82, 2.24) is 4.98 Å². The van der Waals surface area contributed by atoms with E-state index in [1.807, 2.05) is 0 Å². The maximum absolute atomic E-state index is 10.4. The summed E-state index contributed by atoms with van der Waals surface area (Å²) in [6.07, 6.45) is 2.47. The number of hydrogen-bond donors (Lipinski definition) is 0. The molecule has 0 bridgehead atoms. The van der Waals surface area contributed by atoms with Gasteiger partial charge in [-0.1, -0.05) is 0 Å². The van der Waals surface area contributed by atoms with Crippen LogP contribution in [0.25, 0.3) is 0 Å². The van der Waals surface area contributed by atoms with Crippen molar-refractivity contribution in [3.8, 4) is 0 Å². The van der Waals surface area contributed by atoms with Gasteiger partial charge in [0.1, 0.15) is 6.20 Å². The molecule has 70 valence electrons. The molecule has 2 rings (SSSR count). The molecule has 0 saturated carbocycles. The highest BCUT2D eigenvalue weighted by Crippen LogP contribution is 2.33. The van der Waals surface area contributed by atoms with Crippen molar-refractivity contribution in [3.05, 3.63) is 16.3 Å². The second-order valence-electron chi connectivity index (χ2n) is 3.07. The minimum atomic E-state index is -0.397. The van der Waals surface area contributed by atoms with Crippen LogP contribution in [0.5, 0.6) is 0 Å². The van der Waals surface area contributed by atoms with Gasteiger partial charge in [0.05, 0.1) is 4.92 Å². The Hall–Kier alpha value is -1.17. The van der Waals surface area contributed by atoms with Crippen molar-refractivity contribution in [2.75, 3.05) is 11.4 Å². The lowest BCUT2D eigenvalue weighted by Gasteiger charge is -2.38. The van der Waals surface area contributed by atoms with Gasteiger partial charge < -0.3 is 4.90 Å². The highest BCUT2D eigenvalue weighted by Gasteiger charge is 2.27. The van der Waals surface area contributed by atoms with E-state index in [0.29, 0.717) is 6.04 Å². The second-order valence-corrected chi connectivity index (χ2v) is 4.06. The Labute approximate surface area is 79.2 Å². The van der Waals surface area contributed by atoms with Crippen LogP contribution in [0.2, 0.25) is 0 Å². The Bertz CT molecular complexity index is 338. The third kappa shape index (κ3) is 1.37. The van der Waals surface area contributed by atoms with E-state index in [-0.39, 0.29) is 5.00 Å². The summed E-state index contributed by atoms with van der Waals surface area (Å²) in [5.41, 5.74) is 0. The largest absolute Gasteiger partial charge is 0.345 e. The van der Waals surface area contributed by atoms with Crippen LogP contribution in [0.4, 0.5) is 10.1 Å². The molecule has 1 aliphatic rings. The maximum atomic E-state index is 10.4. The molecule has 1 aliphatic heterocycles. The number of thiazole rings is 1. The molecule has 0 spiro atoms. The summed E-state index contributed by atoms with van der Waals surface area (Å²) in [7, 11) is 0. The molecule has 0 radical (unpaired) electrons. The van der Waals surface area contributed by atoms with Crippen molar-refractivity contribution >= 4 is 21.5 Å². The Balaban J connectivity index is 2.17. The highest BCUT2D eigenvalue weighted by atomic mass is 32.1. The minimum Gasteiger partial charge on any atom is -0.345 e. The van der Waals surface area contributed by atoms with Crippen LogP contribution in [0.1, 0.15) is 13.3 Å². The summed E-state index contributed by atoms with van der Waals surface area (Å²) in [6, 6.07) is 0.478. The van der Waals surface area contributed by atoms with E-state index in [1.54, 1.807) is 0 Å². The van der Waals surface area contributed by atoms with Crippen LogP contribution in [-0.4, -0.2) is 22.5 Å². The molecule has 5 nitrogen and oxygen atoms in total. The van der Waals surface area contributed by atoms with Gasteiger partial charge in [-0.15, -0.1) is 0 Å². The molecule has 6 heteroatoms. The van der Waals surface area contributed by atoms with Gasteiger partial charge in [0.15, 0.2) is 5.13 Å². The van der Waals surface area contributed by atoms with E-state index >= 15 is 0 Å². The summed E-state index contributed by atoms with van der Waals surface area (Å²) in [6.45, 7) is 3.06. The summed E-state index contributed by atoms with van der Waals surface area (Å²) in [5.74, 6) is 0. The molecular formula is C7H9N3O2S. The molecule has 0 N–H and O–H groups in total. The fourth-order valence-electron chi connectivity index (χ4n) is 1.27. The topological polar surface area (TPSA) is 59.3 Å². The number of rotatable bonds is 2. The zero-order valence-corrected chi connectivity index (χ0v) is 7.95. The standard InChI is InChI=1S/C7H9N3O2S/c1-5-2-3-9(5)7-8-4-6(13-7)10(11)12/h4-5H,2-3H2,1H3. The van der Waals surface area contributed by atoms with Crippen molar-refractivity contribution in [2.45, 2.75) is 19.4 Å². The normalized spacial score (nSPS) is 21.3. The van der Waals surface area contributed by atoms with Gasteiger partial charge in [-0.05, 0) is 24.7 Å². The summed E-state index contributed by atoms with van der Waals surface area (Å²) in [5, 5.41) is 11.3. The fourth-order valence-corrected chi connectivity index (χ4v) is 2.14. The number of aromatic nitrogens is 1. The van der Waals surface area contributed by atoms with Crippen LogP contribution in [0, 0.1) is 10.1 Å². The maximum Gasteiger partial charge on any atom is 0.345 e. The predicted octanol–water partition coefficient (Wildman–Crippen LogP) is 1.65. The van der Waals surface area contributed by atoms with Crippen LogP contribution < -0.4 is 4.90 Å². The van der Waals surface area contributed by atoms with Gasteiger partial charge in [-0.3, -0.25) is 10.1 Å². The lowest BCUT2D eigenvalue weighted by Crippen LogP contribution is -2.45. The van der Waals surface area contributed by atoms with Crippen molar-refractivity contribution in [1.29, 1.82) is 0 Å². The molecule has 1 unspecified atom stereocenters. The quantitative estimate of drug-likeness (QED) is 0.536. The van der Waals surface area contributed by atoms with Crippen molar-refractivity contribution in [3.63, 3.8) is 0 Å². The van der Waals surface area contributed by atoms with E-state index < -0.39 is 4.92 Å². The molecule has 2 heterocycles. The van der Waals surface area contributed by atoms with E-state index in [0.717, 1.165) is 29.4 Å². The monoisotopic (exact) mass is 199 g/mol. The smallest absolute Gasteiger partial charge is 0.345 e. The average molecular weight is 199 g/mol. The molecule has 0 aliphatic carbocycles. The van der Waals surface area contributed by atoms with E-state index in [1.165, 1.54) is 6.20 Å². The third-order valence-electron chi connectivity index (χ3n) is 2.23. The van der Waals surface area contributed by atoms with E-state index in [2.05, 4.69) is 16.8 Å². The number of hydrogen-bond acceptors (Lipinski definition) is 5. The van der Waals surface area contributed by atoms with E-state index in [4.69, 9.17) is 0 Å². The molecule has 0 amide bonds. The van der Waals surface area contributed by atoms with Crippen molar-refractivity contribution < 1.29 is 4.92 Å². The van der Waals surface area contributed by atoms with Gasteiger partial charge >= 0.3 is 5.00 Å². The summed E-state index contributed by atoms with van der Waals surface area (Å²) < 4.78 is 0. The Morgan fingerprint density at radius 2 is 2.62 bits per heavy atom. The molecule has 1 aromatic heterocycles. The van der Waals surface area contributed by atoms with Crippen LogP contribution in [0.15, 0.2) is 6.20 Å². The molecular weight excluding hydrogens is 190 g/mol. The Kier molecular flexibility index (Phi) is 1.91. The summed E-state index contributed by atoms with van der Waals surface area (Å²) >= 11 is 1.14. The first kappa shape index (κ1) is 8.43. The second kappa shape index (κ2) is 2.95. The Morgan fingerprint density at radius 3 is 3.00 bits per heavy atom. The van der Waals surface area contributed by atoms with E-state index in [9.17, 15) is 10.1 Å². The Morgan fingerprint density at radius 1 is 1.85 bits per heavy atom. The first-order valence-electron chi connectivity index (χ1n) is 4.05. The molecule has 1 atom stereocenters. The summed E-state index contributed by atoms with van der Waals surface area (Å²) in [4.78, 5) is 16.1. The number of anilines is 1.